The molecule has 0 radical (unpaired) electrons. The quantitative estimate of drug-likeness (QED) is 0.827. The van der Waals surface area contributed by atoms with E-state index in [2.05, 4.69) is 15.7 Å². The molecule has 5 heteroatoms. The Morgan fingerprint density at radius 2 is 2.33 bits per heavy atom. The lowest BCUT2D eigenvalue weighted by Gasteiger charge is -2.07. The maximum absolute atomic E-state index is 6.06. The topological polar surface area (TPSA) is 34.1 Å². The lowest BCUT2D eigenvalue weighted by molar-refractivity contribution is 0.415. The highest BCUT2D eigenvalue weighted by Gasteiger charge is 2.01. The Labute approximate surface area is 116 Å². The largest absolute Gasteiger partial charge is 0.495 e. The van der Waals surface area contributed by atoms with Crippen molar-refractivity contribution in [2.24, 2.45) is 0 Å². The van der Waals surface area contributed by atoms with Gasteiger partial charge in [-0.1, -0.05) is 17.7 Å². The van der Waals surface area contributed by atoms with Crippen LogP contribution in [0.4, 0.5) is 0 Å². The molecule has 1 N–H and O–H groups in total. The van der Waals surface area contributed by atoms with Gasteiger partial charge in [-0.25, -0.2) is 4.98 Å². The zero-order valence-corrected chi connectivity index (χ0v) is 11.7. The molecule has 0 aliphatic heterocycles. The number of ether oxygens (including phenoxy) is 1. The van der Waals surface area contributed by atoms with Crippen LogP contribution < -0.4 is 10.1 Å². The van der Waals surface area contributed by atoms with E-state index in [0.29, 0.717) is 10.8 Å². The smallest absolute Gasteiger partial charge is 0.137 e. The first-order chi connectivity index (χ1) is 8.79. The summed E-state index contributed by atoms with van der Waals surface area (Å²) in [5, 5.41) is 6.09. The highest BCUT2D eigenvalue weighted by molar-refractivity contribution is 7.07. The van der Waals surface area contributed by atoms with Crippen LogP contribution in [0.25, 0.3) is 0 Å². The molecule has 96 valence electrons. The third kappa shape index (κ3) is 3.70. The standard InChI is InChI=1S/C13H15ClN2OS/c1-17-13-3-2-10(6-12(13)14)7-15-5-4-11-8-18-9-16-11/h2-3,6,8-9,15H,4-5,7H2,1H3. The average molecular weight is 283 g/mol. The molecule has 0 atom stereocenters. The number of benzene rings is 1. The van der Waals surface area contributed by atoms with Crippen LogP contribution in [0, 0.1) is 0 Å². The average Bonchev–Trinajstić information content (AvgIpc) is 2.88. The molecule has 3 nitrogen and oxygen atoms in total. The van der Waals surface area contributed by atoms with Gasteiger partial charge in [-0.05, 0) is 17.7 Å². The summed E-state index contributed by atoms with van der Waals surface area (Å²) in [5.74, 6) is 0.711. The fraction of sp³-hybridized carbons (Fsp3) is 0.308. The second kappa shape index (κ2) is 6.73. The normalized spacial score (nSPS) is 10.6. The van der Waals surface area contributed by atoms with E-state index in [4.69, 9.17) is 16.3 Å². The molecule has 0 saturated carbocycles. The Kier molecular flexibility index (Phi) is 4.99. The highest BCUT2D eigenvalue weighted by Crippen LogP contribution is 2.24. The van der Waals surface area contributed by atoms with E-state index in [9.17, 15) is 0 Å². The number of halogens is 1. The van der Waals surface area contributed by atoms with Crippen molar-refractivity contribution in [3.63, 3.8) is 0 Å². The van der Waals surface area contributed by atoms with E-state index in [-0.39, 0.29) is 0 Å². The monoisotopic (exact) mass is 282 g/mol. The molecule has 0 amide bonds. The zero-order valence-electron chi connectivity index (χ0n) is 10.1. The van der Waals surface area contributed by atoms with Gasteiger partial charge in [-0.2, -0.15) is 0 Å². The van der Waals surface area contributed by atoms with Crippen LogP contribution >= 0.6 is 22.9 Å². The van der Waals surface area contributed by atoms with Gasteiger partial charge in [0.15, 0.2) is 0 Å². The van der Waals surface area contributed by atoms with E-state index in [1.165, 1.54) is 0 Å². The van der Waals surface area contributed by atoms with Gasteiger partial charge in [0.05, 0.1) is 23.3 Å². The minimum Gasteiger partial charge on any atom is -0.495 e. The van der Waals surface area contributed by atoms with Crippen molar-refractivity contribution in [1.29, 1.82) is 0 Å². The van der Waals surface area contributed by atoms with E-state index >= 15 is 0 Å². The van der Waals surface area contributed by atoms with Crippen molar-refractivity contribution in [2.75, 3.05) is 13.7 Å². The third-order valence-corrected chi connectivity index (χ3v) is 3.52. The van der Waals surface area contributed by atoms with E-state index < -0.39 is 0 Å². The second-order valence-electron chi connectivity index (χ2n) is 3.88. The first-order valence-corrected chi connectivity index (χ1v) is 7.02. The molecule has 0 saturated heterocycles. The Morgan fingerprint density at radius 1 is 1.44 bits per heavy atom. The molecule has 0 aliphatic carbocycles. The maximum Gasteiger partial charge on any atom is 0.137 e. The summed E-state index contributed by atoms with van der Waals surface area (Å²) >= 11 is 7.69. The molecule has 0 bridgehead atoms. The molecule has 1 aromatic heterocycles. The van der Waals surface area contributed by atoms with Crippen molar-refractivity contribution in [1.82, 2.24) is 10.3 Å². The van der Waals surface area contributed by atoms with Crippen molar-refractivity contribution in [2.45, 2.75) is 13.0 Å². The van der Waals surface area contributed by atoms with Gasteiger partial charge in [0.25, 0.3) is 0 Å². The van der Waals surface area contributed by atoms with Gasteiger partial charge in [-0.3, -0.25) is 0 Å². The molecule has 0 spiro atoms. The van der Waals surface area contributed by atoms with Gasteiger partial charge in [0, 0.05) is 24.9 Å². The van der Waals surface area contributed by atoms with Crippen LogP contribution in [0.5, 0.6) is 5.75 Å². The Bertz CT molecular complexity index is 488. The van der Waals surface area contributed by atoms with Crippen molar-refractivity contribution in [3.8, 4) is 5.75 Å². The predicted molar refractivity (Wildman–Crippen MR) is 75.5 cm³/mol. The fourth-order valence-corrected chi connectivity index (χ4v) is 2.50. The van der Waals surface area contributed by atoms with Crippen molar-refractivity contribution in [3.05, 3.63) is 45.4 Å². The molecule has 1 heterocycles. The first kappa shape index (κ1) is 13.3. The Morgan fingerprint density at radius 3 is 3.00 bits per heavy atom. The van der Waals surface area contributed by atoms with Crippen LogP contribution in [0.1, 0.15) is 11.3 Å². The first-order valence-electron chi connectivity index (χ1n) is 5.70. The molecular formula is C13H15ClN2OS. The van der Waals surface area contributed by atoms with E-state index in [1.54, 1.807) is 18.4 Å². The summed E-state index contributed by atoms with van der Waals surface area (Å²) < 4.78 is 5.12. The van der Waals surface area contributed by atoms with Gasteiger partial charge in [-0.15, -0.1) is 11.3 Å². The number of hydrogen-bond donors (Lipinski definition) is 1. The number of hydrogen-bond acceptors (Lipinski definition) is 4. The lowest BCUT2D eigenvalue weighted by atomic mass is 10.2. The molecule has 0 fully saturated rings. The number of thiazole rings is 1. The summed E-state index contributed by atoms with van der Waals surface area (Å²) in [4.78, 5) is 4.24. The molecule has 0 aliphatic rings. The summed E-state index contributed by atoms with van der Waals surface area (Å²) in [5.41, 5.74) is 4.15. The van der Waals surface area contributed by atoms with Crippen molar-refractivity contribution < 1.29 is 4.74 Å². The van der Waals surface area contributed by atoms with E-state index in [1.807, 2.05) is 23.7 Å². The molecule has 0 unspecified atom stereocenters. The number of nitrogens with zero attached hydrogens (tertiary/aromatic N) is 1. The van der Waals surface area contributed by atoms with E-state index in [0.717, 1.165) is 30.8 Å². The summed E-state index contributed by atoms with van der Waals surface area (Å²) in [6.07, 6.45) is 0.952. The van der Waals surface area contributed by atoms with Gasteiger partial charge in [0.2, 0.25) is 0 Å². The third-order valence-electron chi connectivity index (χ3n) is 2.59. The zero-order chi connectivity index (χ0) is 12.8. The van der Waals surface area contributed by atoms with Crippen LogP contribution in [-0.4, -0.2) is 18.6 Å². The minimum absolute atomic E-state index is 0.649. The Balaban J connectivity index is 1.78. The molecule has 2 aromatic rings. The lowest BCUT2D eigenvalue weighted by Crippen LogP contribution is -2.16. The van der Waals surface area contributed by atoms with Crippen LogP contribution in [0.2, 0.25) is 5.02 Å². The minimum atomic E-state index is 0.649. The number of nitrogens with one attached hydrogen (secondary N) is 1. The van der Waals surface area contributed by atoms with Crippen LogP contribution in [0.3, 0.4) is 0 Å². The van der Waals surface area contributed by atoms with Gasteiger partial charge in [0.1, 0.15) is 5.75 Å². The number of aromatic nitrogens is 1. The summed E-state index contributed by atoms with van der Waals surface area (Å²) in [6, 6.07) is 5.83. The van der Waals surface area contributed by atoms with Crippen LogP contribution in [0.15, 0.2) is 29.1 Å². The molecular weight excluding hydrogens is 268 g/mol. The maximum atomic E-state index is 6.06. The second-order valence-corrected chi connectivity index (χ2v) is 5.00. The van der Waals surface area contributed by atoms with Gasteiger partial charge >= 0.3 is 0 Å². The summed E-state index contributed by atoms with van der Waals surface area (Å²) in [6.45, 7) is 1.71. The number of methoxy groups -OCH3 is 1. The van der Waals surface area contributed by atoms with Gasteiger partial charge < -0.3 is 10.1 Å². The Hall–Kier alpha value is -1.10. The molecule has 1 aromatic carbocycles. The number of rotatable bonds is 6. The van der Waals surface area contributed by atoms with Crippen LogP contribution in [-0.2, 0) is 13.0 Å². The molecule has 18 heavy (non-hydrogen) atoms. The fourth-order valence-electron chi connectivity index (χ4n) is 1.63. The predicted octanol–water partition coefficient (Wildman–Crippen LogP) is 3.14. The highest BCUT2D eigenvalue weighted by atomic mass is 35.5. The SMILES string of the molecule is COc1ccc(CNCCc2cscn2)cc1Cl. The summed E-state index contributed by atoms with van der Waals surface area (Å²) in [7, 11) is 1.62. The molecule has 2 rings (SSSR count). The van der Waals surface area contributed by atoms with Crippen molar-refractivity contribution >= 4 is 22.9 Å².